The molecule has 0 amide bonds. The van der Waals surface area contributed by atoms with E-state index in [9.17, 15) is 0 Å². The zero-order valence-corrected chi connectivity index (χ0v) is 9.67. The molecule has 0 atom stereocenters. The van der Waals surface area contributed by atoms with Crippen LogP contribution in [0.4, 0.5) is 11.4 Å². The Kier molecular flexibility index (Phi) is 2.26. The molecule has 16 heavy (non-hydrogen) atoms. The van der Waals surface area contributed by atoms with E-state index in [2.05, 4.69) is 29.6 Å². The van der Waals surface area contributed by atoms with Gasteiger partial charge in [-0.3, -0.25) is 0 Å². The molecule has 0 saturated carbocycles. The lowest BCUT2D eigenvalue weighted by Crippen LogP contribution is -2.01. The molecule has 0 fully saturated rings. The molecular formula is C13H11NOS. The summed E-state index contributed by atoms with van der Waals surface area (Å²) in [5.74, 6) is 0.888. The van der Waals surface area contributed by atoms with E-state index in [1.165, 1.54) is 9.79 Å². The Hall–Kier alpha value is -1.61. The van der Waals surface area contributed by atoms with E-state index in [4.69, 9.17) is 4.74 Å². The van der Waals surface area contributed by atoms with Gasteiger partial charge in [0.25, 0.3) is 0 Å². The molecule has 2 nitrogen and oxygen atoms in total. The van der Waals surface area contributed by atoms with Crippen LogP contribution in [0.25, 0.3) is 0 Å². The first-order valence-electron chi connectivity index (χ1n) is 5.09. The Morgan fingerprint density at radius 1 is 1.00 bits per heavy atom. The summed E-state index contributed by atoms with van der Waals surface area (Å²) in [7, 11) is 1.70. The van der Waals surface area contributed by atoms with Gasteiger partial charge in [-0.2, -0.15) is 0 Å². The summed E-state index contributed by atoms with van der Waals surface area (Å²) in [6.07, 6.45) is 0. The van der Waals surface area contributed by atoms with Gasteiger partial charge in [-0.05, 0) is 24.3 Å². The Morgan fingerprint density at radius 3 is 2.69 bits per heavy atom. The summed E-state index contributed by atoms with van der Waals surface area (Å²) >= 11 is 1.77. The quantitative estimate of drug-likeness (QED) is 0.683. The highest BCUT2D eigenvalue weighted by Crippen LogP contribution is 2.47. The summed E-state index contributed by atoms with van der Waals surface area (Å²) in [6.45, 7) is 0. The van der Waals surface area contributed by atoms with Gasteiger partial charge in [0.2, 0.25) is 0 Å². The van der Waals surface area contributed by atoms with Gasteiger partial charge >= 0.3 is 0 Å². The van der Waals surface area contributed by atoms with Crippen LogP contribution >= 0.6 is 11.8 Å². The van der Waals surface area contributed by atoms with Gasteiger partial charge in [0, 0.05) is 9.79 Å². The number of nitrogens with one attached hydrogen (secondary N) is 1. The van der Waals surface area contributed by atoms with E-state index in [0.717, 1.165) is 17.1 Å². The minimum Gasteiger partial charge on any atom is -0.495 e. The van der Waals surface area contributed by atoms with Gasteiger partial charge in [-0.1, -0.05) is 30.0 Å². The topological polar surface area (TPSA) is 21.3 Å². The van der Waals surface area contributed by atoms with Gasteiger partial charge in [0.1, 0.15) is 5.75 Å². The minimum absolute atomic E-state index is 0.888. The van der Waals surface area contributed by atoms with Crippen LogP contribution in [0, 0.1) is 0 Å². The molecule has 0 spiro atoms. The van der Waals surface area contributed by atoms with Gasteiger partial charge in [-0.25, -0.2) is 0 Å². The molecular weight excluding hydrogens is 218 g/mol. The third-order valence-electron chi connectivity index (χ3n) is 2.57. The van der Waals surface area contributed by atoms with Crippen molar-refractivity contribution in [1.82, 2.24) is 0 Å². The van der Waals surface area contributed by atoms with Crippen LogP contribution in [0.1, 0.15) is 0 Å². The highest BCUT2D eigenvalue weighted by atomic mass is 32.2. The highest BCUT2D eigenvalue weighted by molar-refractivity contribution is 7.99. The van der Waals surface area contributed by atoms with Crippen LogP contribution < -0.4 is 10.1 Å². The maximum Gasteiger partial charge on any atom is 0.143 e. The van der Waals surface area contributed by atoms with Crippen LogP contribution in [-0.4, -0.2) is 7.11 Å². The van der Waals surface area contributed by atoms with E-state index in [-0.39, 0.29) is 0 Å². The van der Waals surface area contributed by atoms with E-state index in [1.807, 2.05) is 18.2 Å². The molecule has 2 aromatic carbocycles. The number of rotatable bonds is 1. The molecule has 1 N–H and O–H groups in total. The second-order valence-electron chi connectivity index (χ2n) is 3.56. The van der Waals surface area contributed by atoms with Crippen molar-refractivity contribution in [3.05, 3.63) is 42.5 Å². The average molecular weight is 229 g/mol. The Labute approximate surface area is 98.6 Å². The monoisotopic (exact) mass is 229 g/mol. The average Bonchev–Trinajstić information content (AvgIpc) is 2.35. The van der Waals surface area contributed by atoms with Crippen molar-refractivity contribution in [3.63, 3.8) is 0 Å². The highest BCUT2D eigenvalue weighted by Gasteiger charge is 2.17. The molecule has 3 rings (SSSR count). The van der Waals surface area contributed by atoms with Crippen molar-refractivity contribution < 1.29 is 4.74 Å². The number of para-hydroxylation sites is 2. The van der Waals surface area contributed by atoms with E-state index in [1.54, 1.807) is 18.9 Å². The van der Waals surface area contributed by atoms with Crippen LogP contribution in [-0.2, 0) is 0 Å². The number of benzene rings is 2. The summed E-state index contributed by atoms with van der Waals surface area (Å²) in [6, 6.07) is 14.4. The van der Waals surface area contributed by atoms with Crippen LogP contribution in [0.5, 0.6) is 5.75 Å². The molecule has 0 saturated heterocycles. The van der Waals surface area contributed by atoms with Crippen molar-refractivity contribution >= 4 is 23.1 Å². The lowest BCUT2D eigenvalue weighted by molar-refractivity contribution is 0.416. The van der Waals surface area contributed by atoms with E-state index < -0.39 is 0 Å². The lowest BCUT2D eigenvalue weighted by atomic mass is 10.2. The molecule has 0 aromatic heterocycles. The molecule has 0 aliphatic carbocycles. The van der Waals surface area contributed by atoms with E-state index >= 15 is 0 Å². The van der Waals surface area contributed by atoms with Crippen molar-refractivity contribution in [2.24, 2.45) is 0 Å². The van der Waals surface area contributed by atoms with E-state index in [0.29, 0.717) is 0 Å². The third-order valence-corrected chi connectivity index (χ3v) is 3.71. The van der Waals surface area contributed by atoms with Crippen molar-refractivity contribution in [1.29, 1.82) is 0 Å². The number of anilines is 2. The standard InChI is InChI=1S/C13H11NOS/c1-15-10-6-4-8-12-13(10)14-9-5-2-3-7-11(9)16-12/h2-8,14H,1H3. The Morgan fingerprint density at radius 2 is 1.81 bits per heavy atom. The first-order valence-corrected chi connectivity index (χ1v) is 5.91. The van der Waals surface area contributed by atoms with Gasteiger partial charge < -0.3 is 10.1 Å². The zero-order valence-electron chi connectivity index (χ0n) is 8.86. The summed E-state index contributed by atoms with van der Waals surface area (Å²) in [4.78, 5) is 2.46. The molecule has 1 aliphatic heterocycles. The molecule has 3 heteroatoms. The number of fused-ring (bicyclic) bond motifs is 2. The first kappa shape index (κ1) is 9.60. The summed E-state index contributed by atoms with van der Waals surface area (Å²) < 4.78 is 5.35. The van der Waals surface area contributed by atoms with Gasteiger partial charge in [0.15, 0.2) is 0 Å². The largest absolute Gasteiger partial charge is 0.495 e. The molecule has 2 aromatic rings. The fourth-order valence-electron chi connectivity index (χ4n) is 1.80. The van der Waals surface area contributed by atoms with Crippen LogP contribution in [0.3, 0.4) is 0 Å². The predicted octanol–water partition coefficient (Wildman–Crippen LogP) is 3.90. The Bertz CT molecular complexity index is 539. The molecule has 80 valence electrons. The second-order valence-corrected chi connectivity index (χ2v) is 4.64. The van der Waals surface area contributed by atoms with Crippen molar-refractivity contribution in [2.75, 3.05) is 12.4 Å². The van der Waals surface area contributed by atoms with Crippen LogP contribution in [0.15, 0.2) is 52.3 Å². The number of hydrogen-bond acceptors (Lipinski definition) is 3. The zero-order chi connectivity index (χ0) is 11.0. The number of methoxy groups -OCH3 is 1. The molecule has 0 bridgehead atoms. The first-order chi connectivity index (χ1) is 7.88. The summed E-state index contributed by atoms with van der Waals surface area (Å²) in [5.41, 5.74) is 2.21. The van der Waals surface area contributed by atoms with Gasteiger partial charge in [0.05, 0.1) is 18.5 Å². The SMILES string of the molecule is COc1cccc2c1Nc1ccccc1S2. The smallest absolute Gasteiger partial charge is 0.143 e. The number of ether oxygens (including phenoxy) is 1. The van der Waals surface area contributed by atoms with Crippen molar-refractivity contribution in [3.8, 4) is 5.75 Å². The summed E-state index contributed by atoms with van der Waals surface area (Å²) in [5, 5.41) is 3.41. The lowest BCUT2D eigenvalue weighted by Gasteiger charge is -2.22. The normalized spacial score (nSPS) is 12.3. The minimum atomic E-state index is 0.888. The third kappa shape index (κ3) is 1.44. The predicted molar refractivity (Wildman–Crippen MR) is 66.8 cm³/mol. The molecule has 0 unspecified atom stereocenters. The molecule has 1 aliphatic rings. The van der Waals surface area contributed by atoms with Crippen molar-refractivity contribution in [2.45, 2.75) is 9.79 Å². The van der Waals surface area contributed by atoms with Crippen LogP contribution in [0.2, 0.25) is 0 Å². The molecule has 0 radical (unpaired) electrons. The fraction of sp³-hybridized carbons (Fsp3) is 0.0769. The fourth-order valence-corrected chi connectivity index (χ4v) is 2.81. The maximum absolute atomic E-state index is 5.35. The maximum atomic E-state index is 5.35. The number of hydrogen-bond donors (Lipinski definition) is 1. The second kappa shape index (κ2) is 3.76. The van der Waals surface area contributed by atoms with Gasteiger partial charge in [-0.15, -0.1) is 0 Å². The Balaban J connectivity index is 2.12. The molecule has 1 heterocycles.